The topological polar surface area (TPSA) is 122 Å². The molecule has 1 aliphatic heterocycles. The summed E-state index contributed by atoms with van der Waals surface area (Å²) in [7, 11) is 0. The molecule has 0 saturated carbocycles. The molecule has 182 valence electrons. The summed E-state index contributed by atoms with van der Waals surface area (Å²) >= 11 is 0. The van der Waals surface area contributed by atoms with Gasteiger partial charge in [0.05, 0.1) is 23.2 Å². The number of rotatable bonds is 8. The first-order valence-electron chi connectivity index (χ1n) is 12.0. The first kappa shape index (κ1) is 24.8. The van der Waals surface area contributed by atoms with Crippen molar-refractivity contribution in [1.82, 2.24) is 25.2 Å². The van der Waals surface area contributed by atoms with Crippen LogP contribution in [-0.4, -0.2) is 58.0 Å². The van der Waals surface area contributed by atoms with Gasteiger partial charge in [-0.3, -0.25) is 9.69 Å². The minimum absolute atomic E-state index is 0.0371. The van der Waals surface area contributed by atoms with Crippen LogP contribution in [0.2, 0.25) is 0 Å². The van der Waals surface area contributed by atoms with E-state index in [1.165, 1.54) is 6.20 Å². The van der Waals surface area contributed by atoms with Gasteiger partial charge in [0.2, 0.25) is 5.95 Å². The van der Waals surface area contributed by atoms with E-state index in [4.69, 9.17) is 5.26 Å². The first-order chi connectivity index (χ1) is 17.6. The number of nitrogens with zero attached hydrogens (tertiary/aromatic N) is 7. The van der Waals surface area contributed by atoms with Gasteiger partial charge in [0.25, 0.3) is 5.91 Å². The summed E-state index contributed by atoms with van der Waals surface area (Å²) in [5.74, 6) is 0.491. The first-order valence-corrected chi connectivity index (χ1v) is 12.0. The molecule has 1 aromatic carbocycles. The highest BCUT2D eigenvalue weighted by molar-refractivity contribution is 5.94. The second-order valence-corrected chi connectivity index (χ2v) is 8.62. The van der Waals surface area contributed by atoms with Crippen molar-refractivity contribution in [3.63, 3.8) is 0 Å². The van der Waals surface area contributed by atoms with E-state index in [9.17, 15) is 10.1 Å². The summed E-state index contributed by atoms with van der Waals surface area (Å²) < 4.78 is 0. The fraction of sp³-hybridized carbons (Fsp3) is 0.333. The van der Waals surface area contributed by atoms with Crippen molar-refractivity contribution in [2.75, 3.05) is 31.1 Å². The maximum Gasteiger partial charge on any atom is 0.253 e. The predicted molar refractivity (Wildman–Crippen MR) is 135 cm³/mol. The highest BCUT2D eigenvalue weighted by Gasteiger charge is 2.32. The van der Waals surface area contributed by atoms with Crippen LogP contribution in [0.5, 0.6) is 0 Å². The lowest BCUT2D eigenvalue weighted by molar-refractivity contribution is 0.0936. The van der Waals surface area contributed by atoms with Crippen molar-refractivity contribution in [2.45, 2.75) is 32.4 Å². The molecule has 1 fully saturated rings. The van der Waals surface area contributed by atoms with E-state index >= 15 is 0 Å². The number of nitrogens with one attached hydrogen (secondary N) is 1. The molecule has 0 spiro atoms. The number of carbonyl (C=O) groups is 1. The minimum Gasteiger partial charge on any atom is -0.348 e. The molecular formula is C27H28N8O. The van der Waals surface area contributed by atoms with Gasteiger partial charge in [0.15, 0.2) is 0 Å². The van der Waals surface area contributed by atoms with Crippen LogP contribution >= 0.6 is 0 Å². The standard InChI is InChI=1S/C27H28N8O/c1-3-34(4-2)27-31-16-22(17-32-27)25(20-7-5-19(13-28)6-8-20)35-12-11-24(18-35)33-26(36)21-9-10-23(14-29)30-15-21/h5-10,15-17,24-25H,3-4,11-12,18H2,1-2H3,(H,33,36)/t24-,25?/m1/s1. The van der Waals surface area contributed by atoms with E-state index in [1.54, 1.807) is 12.1 Å². The van der Waals surface area contributed by atoms with Gasteiger partial charge in [-0.1, -0.05) is 12.1 Å². The number of anilines is 1. The maximum atomic E-state index is 12.7. The molecule has 9 heteroatoms. The van der Waals surface area contributed by atoms with Gasteiger partial charge in [0.1, 0.15) is 11.8 Å². The molecule has 9 nitrogen and oxygen atoms in total. The molecular weight excluding hydrogens is 452 g/mol. The quantitative estimate of drug-likeness (QED) is 0.522. The van der Waals surface area contributed by atoms with Crippen LogP contribution in [-0.2, 0) is 0 Å². The third-order valence-electron chi connectivity index (χ3n) is 6.44. The Morgan fingerprint density at radius 2 is 1.75 bits per heavy atom. The average molecular weight is 481 g/mol. The fourth-order valence-corrected chi connectivity index (χ4v) is 4.50. The Hall–Kier alpha value is -4.34. The van der Waals surface area contributed by atoms with Crippen LogP contribution in [0.4, 0.5) is 5.95 Å². The van der Waals surface area contributed by atoms with E-state index in [0.717, 1.165) is 37.2 Å². The summed E-state index contributed by atoms with van der Waals surface area (Å²) in [4.78, 5) is 30.4. The monoisotopic (exact) mass is 480 g/mol. The van der Waals surface area contributed by atoms with Gasteiger partial charge in [-0.25, -0.2) is 15.0 Å². The second-order valence-electron chi connectivity index (χ2n) is 8.62. The van der Waals surface area contributed by atoms with Crippen molar-refractivity contribution >= 4 is 11.9 Å². The van der Waals surface area contributed by atoms with Crippen molar-refractivity contribution in [3.05, 3.63) is 82.9 Å². The fourth-order valence-electron chi connectivity index (χ4n) is 4.50. The number of pyridine rings is 1. The second kappa shape index (κ2) is 11.4. The normalized spacial score (nSPS) is 16.1. The molecule has 2 aromatic heterocycles. The van der Waals surface area contributed by atoms with Crippen LogP contribution in [0.15, 0.2) is 55.0 Å². The minimum atomic E-state index is -0.208. The molecule has 2 atom stereocenters. The summed E-state index contributed by atoms with van der Waals surface area (Å²) in [6.07, 6.45) is 5.96. The zero-order valence-corrected chi connectivity index (χ0v) is 20.4. The van der Waals surface area contributed by atoms with Gasteiger partial charge < -0.3 is 10.2 Å². The molecule has 1 N–H and O–H groups in total. The average Bonchev–Trinajstić information content (AvgIpc) is 3.38. The summed E-state index contributed by atoms with van der Waals surface area (Å²) in [5, 5.41) is 21.2. The van der Waals surface area contributed by atoms with Crippen molar-refractivity contribution in [3.8, 4) is 12.1 Å². The zero-order valence-electron chi connectivity index (χ0n) is 20.4. The molecule has 0 aliphatic carbocycles. The lowest BCUT2D eigenvalue weighted by Crippen LogP contribution is -2.38. The van der Waals surface area contributed by atoms with Gasteiger partial charge >= 0.3 is 0 Å². The molecule has 36 heavy (non-hydrogen) atoms. The molecule has 1 aliphatic rings. The van der Waals surface area contributed by atoms with E-state index < -0.39 is 0 Å². The summed E-state index contributed by atoms with van der Waals surface area (Å²) in [5.41, 5.74) is 3.30. The smallest absolute Gasteiger partial charge is 0.253 e. The van der Waals surface area contributed by atoms with Gasteiger partial charge in [0, 0.05) is 56.4 Å². The van der Waals surface area contributed by atoms with Crippen LogP contribution in [0.25, 0.3) is 0 Å². The molecule has 1 amide bonds. The molecule has 3 aromatic rings. The number of hydrogen-bond donors (Lipinski definition) is 1. The number of carbonyl (C=O) groups excluding carboxylic acids is 1. The van der Waals surface area contributed by atoms with Crippen LogP contribution < -0.4 is 10.2 Å². The SMILES string of the molecule is CCN(CC)c1ncc(C(c2ccc(C#N)cc2)N2CC[C@@H](NC(=O)c3ccc(C#N)nc3)C2)cn1. The third kappa shape index (κ3) is 5.48. The van der Waals surface area contributed by atoms with Crippen molar-refractivity contribution < 1.29 is 4.79 Å². The Morgan fingerprint density at radius 1 is 1.03 bits per heavy atom. The van der Waals surface area contributed by atoms with Crippen molar-refractivity contribution in [2.24, 2.45) is 0 Å². The number of likely N-dealkylation sites (tertiary alicyclic amines) is 1. The summed E-state index contributed by atoms with van der Waals surface area (Å²) in [6.45, 7) is 7.24. The van der Waals surface area contributed by atoms with E-state index in [-0.39, 0.29) is 23.7 Å². The largest absolute Gasteiger partial charge is 0.348 e. The Labute approximate surface area is 211 Å². The predicted octanol–water partition coefficient (Wildman–Crippen LogP) is 3.05. The molecule has 1 unspecified atom stereocenters. The zero-order chi connectivity index (χ0) is 25.5. The molecule has 3 heterocycles. The van der Waals surface area contributed by atoms with Crippen LogP contribution in [0.3, 0.4) is 0 Å². The van der Waals surface area contributed by atoms with Gasteiger partial charge in [-0.05, 0) is 50.1 Å². The molecule has 0 radical (unpaired) electrons. The highest BCUT2D eigenvalue weighted by Crippen LogP contribution is 2.32. The summed E-state index contributed by atoms with van der Waals surface area (Å²) in [6, 6.07) is 14.7. The molecule has 4 rings (SSSR count). The lowest BCUT2D eigenvalue weighted by Gasteiger charge is -2.29. The Balaban J connectivity index is 1.54. The van der Waals surface area contributed by atoms with Crippen molar-refractivity contribution in [1.29, 1.82) is 10.5 Å². The van der Waals surface area contributed by atoms with E-state index in [0.29, 0.717) is 23.6 Å². The van der Waals surface area contributed by atoms with Gasteiger partial charge in [-0.15, -0.1) is 0 Å². The third-order valence-corrected chi connectivity index (χ3v) is 6.44. The number of hydrogen-bond acceptors (Lipinski definition) is 8. The Morgan fingerprint density at radius 3 is 2.33 bits per heavy atom. The lowest BCUT2D eigenvalue weighted by atomic mass is 9.98. The van der Waals surface area contributed by atoms with E-state index in [1.807, 2.05) is 42.7 Å². The van der Waals surface area contributed by atoms with E-state index in [2.05, 4.69) is 50.0 Å². The number of nitriles is 2. The molecule has 1 saturated heterocycles. The number of aromatic nitrogens is 3. The maximum absolute atomic E-state index is 12.7. The number of amides is 1. The van der Waals surface area contributed by atoms with Crippen LogP contribution in [0.1, 0.15) is 59.1 Å². The number of benzene rings is 1. The molecule has 0 bridgehead atoms. The Bertz CT molecular complexity index is 1260. The van der Waals surface area contributed by atoms with Crippen LogP contribution in [0, 0.1) is 22.7 Å². The Kier molecular flexibility index (Phi) is 7.84. The van der Waals surface area contributed by atoms with Gasteiger partial charge in [-0.2, -0.15) is 10.5 Å². The highest BCUT2D eigenvalue weighted by atomic mass is 16.1.